The lowest BCUT2D eigenvalue weighted by molar-refractivity contribution is -0.150. The number of benzene rings is 2. The largest absolute Gasteiger partial charge is 0.475 e. The lowest BCUT2D eigenvalue weighted by Gasteiger charge is -2.40. The van der Waals surface area contributed by atoms with E-state index in [1.807, 2.05) is 0 Å². The molecule has 33 heavy (non-hydrogen) atoms. The number of nitrogens with zero attached hydrogens (tertiary/aromatic N) is 2. The Morgan fingerprint density at radius 1 is 0.939 bits per heavy atom. The molecule has 9 heteroatoms. The molecule has 3 aromatic rings. The van der Waals surface area contributed by atoms with Crippen molar-refractivity contribution in [3.8, 4) is 0 Å². The Morgan fingerprint density at radius 2 is 1.61 bits per heavy atom. The van der Waals surface area contributed by atoms with Crippen molar-refractivity contribution in [3.05, 3.63) is 72.4 Å². The van der Waals surface area contributed by atoms with Crippen LogP contribution in [0.25, 0.3) is 10.9 Å². The topological polar surface area (TPSA) is 122 Å². The number of fused-ring (bicyclic) bond motifs is 1. The molecule has 1 aliphatic rings. The Hall–Kier alpha value is -3.43. The molecule has 2 aromatic carbocycles. The molecule has 1 aromatic heterocycles. The van der Waals surface area contributed by atoms with E-state index in [2.05, 4.69) is 4.98 Å². The SMILES string of the molecule is O=C(O)C(=O)CC(=O)C1(c2ccccc2)CCN(S(=O)(=O)c2cccc3cccnc23)CC1. The van der Waals surface area contributed by atoms with Gasteiger partial charge in [-0.3, -0.25) is 14.6 Å². The van der Waals surface area contributed by atoms with Crippen LogP contribution in [0.5, 0.6) is 0 Å². The highest BCUT2D eigenvalue weighted by Gasteiger charge is 2.45. The van der Waals surface area contributed by atoms with Crippen LogP contribution in [0.4, 0.5) is 0 Å². The van der Waals surface area contributed by atoms with E-state index in [1.54, 1.807) is 54.6 Å². The summed E-state index contributed by atoms with van der Waals surface area (Å²) in [5, 5.41) is 9.66. The minimum absolute atomic E-state index is 0.0491. The van der Waals surface area contributed by atoms with Gasteiger partial charge in [0.15, 0.2) is 5.78 Å². The zero-order valence-corrected chi connectivity index (χ0v) is 18.5. The summed E-state index contributed by atoms with van der Waals surface area (Å²) >= 11 is 0. The predicted octanol–water partition coefficient (Wildman–Crippen LogP) is 2.57. The van der Waals surface area contributed by atoms with Gasteiger partial charge in [-0.2, -0.15) is 4.31 Å². The lowest BCUT2D eigenvalue weighted by Crippen LogP contribution is -2.49. The van der Waals surface area contributed by atoms with Gasteiger partial charge in [0.2, 0.25) is 15.8 Å². The molecular formula is C24H22N2O6S. The number of aromatic nitrogens is 1. The molecule has 2 heterocycles. The summed E-state index contributed by atoms with van der Waals surface area (Å²) in [6.45, 7) is 0.0981. The fraction of sp³-hybridized carbons (Fsp3) is 0.250. The number of rotatable bonds is 7. The Labute approximate surface area is 190 Å². The highest BCUT2D eigenvalue weighted by molar-refractivity contribution is 7.89. The number of pyridine rings is 1. The van der Waals surface area contributed by atoms with Crippen molar-refractivity contribution < 1.29 is 27.9 Å². The maximum Gasteiger partial charge on any atom is 0.372 e. The van der Waals surface area contributed by atoms with Gasteiger partial charge in [-0.25, -0.2) is 13.2 Å². The number of ketones is 2. The van der Waals surface area contributed by atoms with Crippen LogP contribution in [0, 0.1) is 0 Å². The number of sulfonamides is 1. The van der Waals surface area contributed by atoms with Crippen LogP contribution in [-0.2, 0) is 29.8 Å². The highest BCUT2D eigenvalue weighted by Crippen LogP contribution is 2.39. The van der Waals surface area contributed by atoms with Gasteiger partial charge in [0.1, 0.15) is 4.90 Å². The summed E-state index contributed by atoms with van der Waals surface area (Å²) in [6.07, 6.45) is 1.08. The fourth-order valence-corrected chi connectivity index (χ4v) is 6.01. The molecule has 0 spiro atoms. The number of carbonyl (C=O) groups is 3. The molecule has 0 atom stereocenters. The van der Waals surface area contributed by atoms with E-state index >= 15 is 0 Å². The first-order valence-electron chi connectivity index (χ1n) is 10.4. The molecule has 1 saturated heterocycles. The number of Topliss-reactive ketones (excluding diaryl/α,β-unsaturated/α-hetero) is 2. The first-order chi connectivity index (χ1) is 15.8. The number of carbonyl (C=O) groups excluding carboxylic acids is 2. The van der Waals surface area contributed by atoms with Crippen LogP contribution in [0.1, 0.15) is 24.8 Å². The summed E-state index contributed by atoms with van der Waals surface area (Å²) in [6, 6.07) is 17.3. The van der Waals surface area contributed by atoms with Gasteiger partial charge >= 0.3 is 5.97 Å². The Bertz CT molecular complexity index is 1320. The summed E-state index contributed by atoms with van der Waals surface area (Å²) in [4.78, 5) is 40.3. The molecular weight excluding hydrogens is 444 g/mol. The molecule has 0 saturated carbocycles. The molecule has 0 radical (unpaired) electrons. The van der Waals surface area contributed by atoms with Crippen molar-refractivity contribution in [2.24, 2.45) is 0 Å². The molecule has 0 bridgehead atoms. The molecule has 0 aliphatic carbocycles. The predicted molar refractivity (Wildman–Crippen MR) is 120 cm³/mol. The zero-order chi connectivity index (χ0) is 23.6. The van der Waals surface area contributed by atoms with E-state index in [0.717, 1.165) is 0 Å². The Kier molecular flexibility index (Phi) is 6.09. The quantitative estimate of drug-likeness (QED) is 0.419. The second-order valence-electron chi connectivity index (χ2n) is 8.01. The van der Waals surface area contributed by atoms with Crippen LogP contribution in [0.3, 0.4) is 0 Å². The number of carboxylic acids is 1. The third-order valence-electron chi connectivity index (χ3n) is 6.21. The average molecular weight is 467 g/mol. The second-order valence-corrected chi connectivity index (χ2v) is 9.92. The molecule has 4 rings (SSSR count). The molecule has 170 valence electrons. The van der Waals surface area contributed by atoms with Crippen molar-refractivity contribution >= 4 is 38.5 Å². The van der Waals surface area contributed by atoms with Crippen LogP contribution in [0.2, 0.25) is 0 Å². The van der Waals surface area contributed by atoms with Crippen LogP contribution >= 0.6 is 0 Å². The number of para-hydroxylation sites is 1. The van der Waals surface area contributed by atoms with Gasteiger partial charge in [0.05, 0.1) is 17.4 Å². The van der Waals surface area contributed by atoms with E-state index in [4.69, 9.17) is 5.11 Å². The molecule has 0 unspecified atom stereocenters. The van der Waals surface area contributed by atoms with Gasteiger partial charge in [0, 0.05) is 24.7 Å². The van der Waals surface area contributed by atoms with E-state index < -0.39 is 39.4 Å². The number of hydrogen-bond acceptors (Lipinski definition) is 6. The van der Waals surface area contributed by atoms with Crippen molar-refractivity contribution in [1.29, 1.82) is 0 Å². The Morgan fingerprint density at radius 3 is 2.27 bits per heavy atom. The molecule has 1 fully saturated rings. The number of hydrogen-bond donors (Lipinski definition) is 1. The van der Waals surface area contributed by atoms with Crippen molar-refractivity contribution in [1.82, 2.24) is 9.29 Å². The standard InChI is InChI=1S/C24H22N2O6S/c27-19(23(29)30)16-21(28)24(18-8-2-1-3-9-18)11-14-26(15-12-24)33(31,32)20-10-4-6-17-7-5-13-25-22(17)20/h1-10,13H,11-12,14-16H2,(H,29,30). The van der Waals surface area contributed by atoms with Crippen LogP contribution in [0.15, 0.2) is 71.8 Å². The first kappa shape index (κ1) is 22.8. The van der Waals surface area contributed by atoms with Gasteiger partial charge in [-0.15, -0.1) is 0 Å². The van der Waals surface area contributed by atoms with Crippen LogP contribution in [-0.4, -0.2) is 53.4 Å². The number of aliphatic carboxylic acids is 1. The zero-order valence-electron chi connectivity index (χ0n) is 17.7. The molecule has 1 N–H and O–H groups in total. The van der Waals surface area contributed by atoms with Crippen molar-refractivity contribution in [2.75, 3.05) is 13.1 Å². The molecule has 8 nitrogen and oxygen atoms in total. The third kappa shape index (κ3) is 4.17. The average Bonchev–Trinajstić information content (AvgIpc) is 2.84. The van der Waals surface area contributed by atoms with Gasteiger partial charge in [0.25, 0.3) is 0 Å². The molecule has 0 amide bonds. The summed E-state index contributed by atoms with van der Waals surface area (Å²) in [5.41, 5.74) is -0.102. The van der Waals surface area contributed by atoms with Gasteiger partial charge in [-0.05, 0) is 30.5 Å². The number of carboxylic acid groups (broad SMARTS) is 1. The first-order valence-corrected chi connectivity index (χ1v) is 11.9. The number of piperidine rings is 1. The lowest BCUT2D eigenvalue weighted by atomic mass is 9.69. The summed E-state index contributed by atoms with van der Waals surface area (Å²) < 4.78 is 28.2. The van der Waals surface area contributed by atoms with Crippen molar-refractivity contribution in [3.63, 3.8) is 0 Å². The van der Waals surface area contributed by atoms with Crippen LogP contribution < -0.4 is 0 Å². The van der Waals surface area contributed by atoms with E-state index in [9.17, 15) is 22.8 Å². The highest BCUT2D eigenvalue weighted by atomic mass is 32.2. The van der Waals surface area contributed by atoms with Gasteiger partial charge < -0.3 is 5.11 Å². The van der Waals surface area contributed by atoms with E-state index in [-0.39, 0.29) is 30.8 Å². The molecule has 1 aliphatic heterocycles. The van der Waals surface area contributed by atoms with E-state index in [1.165, 1.54) is 16.6 Å². The fourth-order valence-electron chi connectivity index (χ4n) is 4.41. The van der Waals surface area contributed by atoms with Crippen molar-refractivity contribution in [2.45, 2.75) is 29.6 Å². The van der Waals surface area contributed by atoms with Gasteiger partial charge in [-0.1, -0.05) is 48.5 Å². The summed E-state index contributed by atoms with van der Waals surface area (Å²) in [7, 11) is -3.88. The Balaban J connectivity index is 1.65. The van der Waals surface area contributed by atoms with E-state index in [0.29, 0.717) is 16.5 Å². The maximum absolute atomic E-state index is 13.5. The maximum atomic E-state index is 13.5. The minimum atomic E-state index is -3.88. The second kappa shape index (κ2) is 8.84. The minimum Gasteiger partial charge on any atom is -0.475 e. The third-order valence-corrected chi connectivity index (χ3v) is 8.14. The smallest absolute Gasteiger partial charge is 0.372 e. The normalized spacial score (nSPS) is 16.4. The summed E-state index contributed by atoms with van der Waals surface area (Å²) in [5.74, 6) is -3.34. The monoisotopic (exact) mass is 466 g/mol.